The molecule has 2 amide bonds. The lowest BCUT2D eigenvalue weighted by Gasteiger charge is -2.34. The van der Waals surface area contributed by atoms with Crippen molar-refractivity contribution in [3.63, 3.8) is 0 Å². The summed E-state index contributed by atoms with van der Waals surface area (Å²) in [5.41, 5.74) is 5.93. The topological polar surface area (TPSA) is 101 Å². The Labute approximate surface area is 126 Å². The van der Waals surface area contributed by atoms with E-state index in [1.54, 1.807) is 28.8 Å². The van der Waals surface area contributed by atoms with Gasteiger partial charge in [0.15, 0.2) is 0 Å². The van der Waals surface area contributed by atoms with Crippen molar-refractivity contribution in [3.05, 3.63) is 35.4 Å². The molecular formula is C14H16N2O4S. The Balaban J connectivity index is 2.16. The molecule has 1 aromatic rings. The molecule has 1 aromatic carbocycles. The van der Waals surface area contributed by atoms with E-state index >= 15 is 0 Å². The molecule has 21 heavy (non-hydrogen) atoms. The normalized spacial score (nSPS) is 18.3. The van der Waals surface area contributed by atoms with Crippen LogP contribution in [0.4, 0.5) is 0 Å². The van der Waals surface area contributed by atoms with E-state index in [-0.39, 0.29) is 18.4 Å². The highest BCUT2D eigenvalue weighted by atomic mass is 32.2. The van der Waals surface area contributed by atoms with Crippen LogP contribution in [0, 0.1) is 0 Å². The Morgan fingerprint density at radius 2 is 1.86 bits per heavy atom. The molecule has 7 heteroatoms. The molecule has 6 nitrogen and oxygen atoms in total. The monoisotopic (exact) mass is 308 g/mol. The highest BCUT2D eigenvalue weighted by Gasteiger charge is 2.29. The van der Waals surface area contributed by atoms with Crippen LogP contribution in [0.3, 0.4) is 0 Å². The first kappa shape index (κ1) is 15.4. The fourth-order valence-corrected chi connectivity index (χ4v) is 3.30. The zero-order chi connectivity index (χ0) is 15.4. The van der Waals surface area contributed by atoms with Crippen LogP contribution in [-0.4, -0.2) is 51.9 Å². The van der Waals surface area contributed by atoms with Crippen LogP contribution in [0.5, 0.6) is 0 Å². The minimum absolute atomic E-state index is 0.0574. The lowest BCUT2D eigenvalue weighted by atomic mass is 10.1. The summed E-state index contributed by atoms with van der Waals surface area (Å²) in [6.45, 7) is 0.527. The van der Waals surface area contributed by atoms with Gasteiger partial charge in [-0.15, -0.1) is 0 Å². The van der Waals surface area contributed by atoms with Crippen LogP contribution in [0.25, 0.3) is 0 Å². The zero-order valence-corrected chi connectivity index (χ0v) is 12.1. The van der Waals surface area contributed by atoms with E-state index in [0.29, 0.717) is 23.4 Å². The van der Waals surface area contributed by atoms with Crippen molar-refractivity contribution in [2.75, 3.05) is 18.1 Å². The Bertz CT molecular complexity index is 559. The minimum atomic E-state index is -0.913. The summed E-state index contributed by atoms with van der Waals surface area (Å²) in [6.07, 6.45) is -0.0574. The van der Waals surface area contributed by atoms with Gasteiger partial charge in [-0.05, 0) is 24.3 Å². The molecule has 1 saturated heterocycles. The summed E-state index contributed by atoms with van der Waals surface area (Å²) in [7, 11) is 0. The second-order valence-electron chi connectivity index (χ2n) is 4.77. The van der Waals surface area contributed by atoms with Crippen molar-refractivity contribution in [2.24, 2.45) is 5.73 Å². The number of amides is 2. The maximum atomic E-state index is 12.5. The molecule has 1 heterocycles. The molecule has 1 aliphatic heterocycles. The third-order valence-corrected chi connectivity index (χ3v) is 4.41. The van der Waals surface area contributed by atoms with Gasteiger partial charge in [-0.3, -0.25) is 14.4 Å². The molecule has 1 unspecified atom stereocenters. The molecular weight excluding hydrogens is 292 g/mol. The highest BCUT2D eigenvalue weighted by Crippen LogP contribution is 2.21. The summed E-state index contributed by atoms with van der Waals surface area (Å²) in [5.74, 6) is -0.257. The molecule has 1 atom stereocenters. The summed E-state index contributed by atoms with van der Waals surface area (Å²) in [4.78, 5) is 36.0. The van der Waals surface area contributed by atoms with E-state index in [9.17, 15) is 14.4 Å². The first-order valence-corrected chi connectivity index (χ1v) is 7.65. The number of nitrogens with zero attached hydrogens (tertiary/aromatic N) is 1. The van der Waals surface area contributed by atoms with E-state index in [1.165, 1.54) is 12.1 Å². The number of carbonyl (C=O) groups is 3. The van der Waals surface area contributed by atoms with Gasteiger partial charge >= 0.3 is 5.97 Å². The number of rotatable bonds is 4. The van der Waals surface area contributed by atoms with Crippen LogP contribution in [0.15, 0.2) is 24.3 Å². The van der Waals surface area contributed by atoms with Crippen molar-refractivity contribution in [1.29, 1.82) is 0 Å². The number of carboxylic acid groups (broad SMARTS) is 1. The van der Waals surface area contributed by atoms with Crippen LogP contribution in [0.1, 0.15) is 27.1 Å². The minimum Gasteiger partial charge on any atom is -0.481 e. The number of carbonyl (C=O) groups excluding carboxylic acids is 2. The van der Waals surface area contributed by atoms with Gasteiger partial charge in [0.25, 0.3) is 5.91 Å². The third kappa shape index (κ3) is 3.75. The van der Waals surface area contributed by atoms with E-state index in [1.807, 2.05) is 0 Å². The molecule has 0 spiro atoms. The molecule has 0 aliphatic carbocycles. The Morgan fingerprint density at radius 3 is 2.43 bits per heavy atom. The molecule has 0 radical (unpaired) electrons. The van der Waals surface area contributed by atoms with Crippen molar-refractivity contribution < 1.29 is 19.5 Å². The summed E-state index contributed by atoms with van der Waals surface area (Å²) < 4.78 is 0. The Morgan fingerprint density at radius 1 is 1.24 bits per heavy atom. The number of aliphatic carboxylic acids is 1. The van der Waals surface area contributed by atoms with Crippen LogP contribution in [-0.2, 0) is 4.79 Å². The van der Waals surface area contributed by atoms with Gasteiger partial charge in [-0.2, -0.15) is 11.8 Å². The average Bonchev–Trinajstić information content (AvgIpc) is 2.46. The average molecular weight is 308 g/mol. The second-order valence-corrected chi connectivity index (χ2v) is 5.92. The first-order chi connectivity index (χ1) is 9.99. The smallest absolute Gasteiger partial charge is 0.305 e. The van der Waals surface area contributed by atoms with Crippen molar-refractivity contribution >= 4 is 29.5 Å². The zero-order valence-electron chi connectivity index (χ0n) is 11.3. The molecule has 1 fully saturated rings. The molecule has 0 aromatic heterocycles. The van der Waals surface area contributed by atoms with E-state index in [0.717, 1.165) is 5.75 Å². The van der Waals surface area contributed by atoms with Gasteiger partial charge in [0.1, 0.15) is 0 Å². The van der Waals surface area contributed by atoms with E-state index in [4.69, 9.17) is 10.8 Å². The number of benzene rings is 1. The largest absolute Gasteiger partial charge is 0.481 e. The van der Waals surface area contributed by atoms with Gasteiger partial charge in [-0.25, -0.2) is 0 Å². The molecule has 0 bridgehead atoms. The molecule has 112 valence electrons. The number of carboxylic acids is 1. The standard InChI is InChI=1S/C14H16N2O4S/c15-13(19)9-1-3-10(4-2-9)14(20)16-5-6-21-8-11(16)7-12(17)18/h1-4,11H,5-8H2,(H2,15,19)(H,17,18). The van der Waals surface area contributed by atoms with E-state index in [2.05, 4.69) is 0 Å². The van der Waals surface area contributed by atoms with Gasteiger partial charge in [0.2, 0.25) is 5.91 Å². The van der Waals surface area contributed by atoms with Crippen molar-refractivity contribution in [3.8, 4) is 0 Å². The van der Waals surface area contributed by atoms with Crippen molar-refractivity contribution in [1.82, 2.24) is 4.90 Å². The number of primary amides is 1. The van der Waals surface area contributed by atoms with Gasteiger partial charge in [0, 0.05) is 29.2 Å². The number of thioether (sulfide) groups is 1. The third-order valence-electron chi connectivity index (χ3n) is 3.32. The molecule has 3 N–H and O–H groups in total. The predicted octanol–water partition coefficient (Wildman–Crippen LogP) is 0.818. The molecule has 2 rings (SSSR count). The quantitative estimate of drug-likeness (QED) is 0.857. The fraction of sp³-hybridized carbons (Fsp3) is 0.357. The SMILES string of the molecule is NC(=O)c1ccc(C(=O)N2CCSCC2CC(=O)O)cc1. The summed E-state index contributed by atoms with van der Waals surface area (Å²) in [6, 6.07) is 5.79. The van der Waals surface area contributed by atoms with Crippen molar-refractivity contribution in [2.45, 2.75) is 12.5 Å². The van der Waals surface area contributed by atoms with Gasteiger partial charge < -0.3 is 15.7 Å². The predicted molar refractivity (Wildman–Crippen MR) is 79.4 cm³/mol. The molecule has 0 saturated carbocycles. The maximum absolute atomic E-state index is 12.5. The van der Waals surface area contributed by atoms with Crippen LogP contribution >= 0.6 is 11.8 Å². The Kier molecular flexibility index (Phi) is 4.85. The number of hydrogen-bond donors (Lipinski definition) is 2. The van der Waals surface area contributed by atoms with Gasteiger partial charge in [0.05, 0.1) is 12.5 Å². The lowest BCUT2D eigenvalue weighted by molar-refractivity contribution is -0.138. The van der Waals surface area contributed by atoms with Gasteiger partial charge in [-0.1, -0.05) is 0 Å². The van der Waals surface area contributed by atoms with Crippen LogP contribution < -0.4 is 5.73 Å². The fourth-order valence-electron chi connectivity index (χ4n) is 2.24. The first-order valence-electron chi connectivity index (χ1n) is 6.49. The number of hydrogen-bond acceptors (Lipinski definition) is 4. The summed E-state index contributed by atoms with van der Waals surface area (Å²) >= 11 is 1.65. The maximum Gasteiger partial charge on any atom is 0.305 e. The van der Waals surface area contributed by atoms with Crippen LogP contribution in [0.2, 0.25) is 0 Å². The number of nitrogens with two attached hydrogens (primary N) is 1. The molecule has 1 aliphatic rings. The Hall–Kier alpha value is -2.02. The lowest BCUT2D eigenvalue weighted by Crippen LogP contribution is -2.47. The summed E-state index contributed by atoms with van der Waals surface area (Å²) in [5, 5.41) is 8.93. The second kappa shape index (κ2) is 6.62. The van der Waals surface area contributed by atoms with E-state index < -0.39 is 11.9 Å². The highest BCUT2D eigenvalue weighted by molar-refractivity contribution is 7.99.